The van der Waals surface area contributed by atoms with Crippen LogP contribution in [-0.2, 0) is 4.79 Å². The highest BCUT2D eigenvalue weighted by Crippen LogP contribution is 2.25. The number of halogens is 2. The van der Waals surface area contributed by atoms with Crippen molar-refractivity contribution in [2.45, 2.75) is 37.8 Å². The second-order valence-electron chi connectivity index (χ2n) is 6.07. The van der Waals surface area contributed by atoms with Crippen molar-refractivity contribution in [3.8, 4) is 11.6 Å². The molecule has 2 aromatic rings. The Kier molecular flexibility index (Phi) is 6.22. The number of carbonyl (C=O) groups is 1. The Morgan fingerprint density at radius 1 is 1.27 bits per heavy atom. The van der Waals surface area contributed by atoms with Crippen LogP contribution >= 0.6 is 11.6 Å². The number of nitrogens with zero attached hydrogens (tertiary/aromatic N) is 2. The number of benzene rings is 1. The third-order valence-corrected chi connectivity index (χ3v) is 4.41. The Morgan fingerprint density at radius 3 is 2.77 bits per heavy atom. The second kappa shape index (κ2) is 8.80. The first-order valence-corrected chi connectivity index (χ1v) is 8.78. The van der Waals surface area contributed by atoms with Gasteiger partial charge in [0.05, 0.1) is 11.2 Å². The van der Waals surface area contributed by atoms with E-state index in [1.165, 1.54) is 12.1 Å². The molecule has 1 aliphatic carbocycles. The first-order valence-electron chi connectivity index (χ1n) is 8.40. The summed E-state index contributed by atoms with van der Waals surface area (Å²) in [6.45, 7) is -0.165. The fourth-order valence-electron chi connectivity index (χ4n) is 2.85. The number of amides is 1. The van der Waals surface area contributed by atoms with E-state index in [9.17, 15) is 9.18 Å². The number of rotatable bonds is 6. The maximum absolute atomic E-state index is 13.0. The van der Waals surface area contributed by atoms with Gasteiger partial charge in [0.25, 0.3) is 5.91 Å². The predicted molar refractivity (Wildman–Crippen MR) is 93.8 cm³/mol. The standard InChI is InChI=1S/C18H19ClFN3O3/c19-15-9-12(20)1-6-16(15)25-11-17(24)23-13-2-4-14(5-3-13)26-18-10-21-7-8-22-18/h1,6-10,13-14H,2-5,11H2,(H,23,24). The van der Waals surface area contributed by atoms with Gasteiger partial charge in [-0.2, -0.15) is 0 Å². The lowest BCUT2D eigenvalue weighted by Crippen LogP contribution is -2.41. The van der Waals surface area contributed by atoms with E-state index in [1.807, 2.05) is 0 Å². The Bertz CT molecular complexity index is 740. The molecular weight excluding hydrogens is 361 g/mol. The quantitative estimate of drug-likeness (QED) is 0.834. The average Bonchev–Trinajstić information content (AvgIpc) is 2.63. The molecule has 1 saturated carbocycles. The molecule has 1 aliphatic rings. The minimum absolute atomic E-state index is 0.0779. The highest BCUT2D eigenvalue weighted by molar-refractivity contribution is 6.32. The van der Waals surface area contributed by atoms with Gasteiger partial charge >= 0.3 is 0 Å². The van der Waals surface area contributed by atoms with Crippen LogP contribution in [0.15, 0.2) is 36.8 Å². The largest absolute Gasteiger partial charge is 0.482 e. The van der Waals surface area contributed by atoms with Crippen molar-refractivity contribution < 1.29 is 18.7 Å². The van der Waals surface area contributed by atoms with Crippen molar-refractivity contribution >= 4 is 17.5 Å². The van der Waals surface area contributed by atoms with Crippen molar-refractivity contribution in [1.29, 1.82) is 0 Å². The average molecular weight is 380 g/mol. The number of hydrogen-bond acceptors (Lipinski definition) is 5. The van der Waals surface area contributed by atoms with Crippen LogP contribution in [0.1, 0.15) is 25.7 Å². The lowest BCUT2D eigenvalue weighted by molar-refractivity contribution is -0.124. The summed E-state index contributed by atoms with van der Waals surface area (Å²) in [4.78, 5) is 20.1. The summed E-state index contributed by atoms with van der Waals surface area (Å²) in [7, 11) is 0. The van der Waals surface area contributed by atoms with Gasteiger partial charge in [-0.25, -0.2) is 9.37 Å². The number of aromatic nitrogens is 2. The van der Waals surface area contributed by atoms with Crippen molar-refractivity contribution in [2.75, 3.05) is 6.61 Å². The Morgan fingerprint density at radius 2 is 2.08 bits per heavy atom. The van der Waals surface area contributed by atoms with E-state index in [4.69, 9.17) is 21.1 Å². The molecule has 0 unspecified atom stereocenters. The fourth-order valence-corrected chi connectivity index (χ4v) is 3.07. The lowest BCUT2D eigenvalue weighted by atomic mass is 9.93. The molecule has 0 bridgehead atoms. The zero-order valence-corrected chi connectivity index (χ0v) is 14.8. The molecule has 1 N–H and O–H groups in total. The molecule has 0 aliphatic heterocycles. The topological polar surface area (TPSA) is 73.3 Å². The number of ether oxygens (including phenoxy) is 2. The van der Waals surface area contributed by atoms with E-state index >= 15 is 0 Å². The molecule has 0 atom stereocenters. The van der Waals surface area contributed by atoms with E-state index in [-0.39, 0.29) is 35.4 Å². The van der Waals surface area contributed by atoms with Crippen LogP contribution in [-0.4, -0.2) is 34.6 Å². The van der Waals surface area contributed by atoms with Gasteiger partial charge < -0.3 is 14.8 Å². The highest BCUT2D eigenvalue weighted by atomic mass is 35.5. The Labute approximate surface area is 155 Å². The number of nitrogens with one attached hydrogen (secondary N) is 1. The normalized spacial score (nSPS) is 19.6. The zero-order valence-electron chi connectivity index (χ0n) is 14.0. The van der Waals surface area contributed by atoms with Crippen molar-refractivity contribution in [3.05, 3.63) is 47.6 Å². The Hall–Kier alpha value is -2.41. The first-order chi connectivity index (χ1) is 12.6. The van der Waals surface area contributed by atoms with E-state index in [2.05, 4.69) is 15.3 Å². The molecule has 3 rings (SSSR count). The van der Waals surface area contributed by atoms with Crippen LogP contribution in [0.4, 0.5) is 4.39 Å². The predicted octanol–water partition coefficient (Wildman–Crippen LogP) is 3.15. The zero-order chi connectivity index (χ0) is 18.4. The van der Waals surface area contributed by atoms with Gasteiger partial charge in [-0.15, -0.1) is 0 Å². The summed E-state index contributed by atoms with van der Waals surface area (Å²) in [6, 6.07) is 3.86. The van der Waals surface area contributed by atoms with Crippen LogP contribution < -0.4 is 14.8 Å². The summed E-state index contributed by atoms with van der Waals surface area (Å²) in [5.74, 6) is 0.116. The molecule has 1 aromatic carbocycles. The molecule has 8 heteroatoms. The van der Waals surface area contributed by atoms with E-state index in [0.29, 0.717) is 5.88 Å². The van der Waals surface area contributed by atoms with Crippen molar-refractivity contribution in [3.63, 3.8) is 0 Å². The molecule has 6 nitrogen and oxygen atoms in total. The smallest absolute Gasteiger partial charge is 0.258 e. The van der Waals surface area contributed by atoms with Crippen LogP contribution in [0.5, 0.6) is 11.6 Å². The highest BCUT2D eigenvalue weighted by Gasteiger charge is 2.24. The van der Waals surface area contributed by atoms with Gasteiger partial charge in [-0.1, -0.05) is 11.6 Å². The van der Waals surface area contributed by atoms with Gasteiger partial charge in [-0.05, 0) is 43.9 Å². The van der Waals surface area contributed by atoms with Gasteiger partial charge in [0.15, 0.2) is 6.61 Å². The molecule has 1 amide bonds. The number of hydrogen-bond donors (Lipinski definition) is 1. The Balaban J connectivity index is 1.39. The summed E-state index contributed by atoms with van der Waals surface area (Å²) < 4.78 is 24.1. The maximum Gasteiger partial charge on any atom is 0.258 e. The van der Waals surface area contributed by atoms with Crippen LogP contribution in [0, 0.1) is 5.82 Å². The molecule has 0 radical (unpaired) electrons. The van der Waals surface area contributed by atoms with Crippen molar-refractivity contribution in [2.24, 2.45) is 0 Å². The first kappa shape index (κ1) is 18.4. The summed E-state index contributed by atoms with van der Waals surface area (Å²) in [5, 5.41) is 3.08. The molecule has 1 aromatic heterocycles. The SMILES string of the molecule is O=C(COc1ccc(F)cc1Cl)NC1CCC(Oc2cnccn2)CC1. The monoisotopic (exact) mass is 379 g/mol. The van der Waals surface area contributed by atoms with Crippen LogP contribution in [0.3, 0.4) is 0 Å². The van der Waals surface area contributed by atoms with E-state index in [1.54, 1.807) is 18.6 Å². The van der Waals surface area contributed by atoms with Crippen LogP contribution in [0.25, 0.3) is 0 Å². The molecule has 26 heavy (non-hydrogen) atoms. The molecule has 138 valence electrons. The molecule has 1 fully saturated rings. The third-order valence-electron chi connectivity index (χ3n) is 4.12. The molecular formula is C18H19ClFN3O3. The molecule has 0 spiro atoms. The molecule has 0 saturated heterocycles. The van der Waals surface area contributed by atoms with Gasteiger partial charge in [0, 0.05) is 18.4 Å². The summed E-state index contributed by atoms with van der Waals surface area (Å²) in [6.07, 6.45) is 8.13. The third kappa shape index (κ3) is 5.29. The maximum atomic E-state index is 13.0. The summed E-state index contributed by atoms with van der Waals surface area (Å²) >= 11 is 5.87. The fraction of sp³-hybridized carbons (Fsp3) is 0.389. The lowest BCUT2D eigenvalue weighted by Gasteiger charge is -2.29. The molecule has 1 heterocycles. The van der Waals surface area contributed by atoms with Crippen LogP contribution in [0.2, 0.25) is 5.02 Å². The van der Waals surface area contributed by atoms with E-state index in [0.717, 1.165) is 31.7 Å². The minimum atomic E-state index is -0.452. The van der Waals surface area contributed by atoms with Gasteiger partial charge in [0.1, 0.15) is 17.7 Å². The van der Waals surface area contributed by atoms with Crippen molar-refractivity contribution in [1.82, 2.24) is 15.3 Å². The minimum Gasteiger partial charge on any atom is -0.482 e. The second-order valence-corrected chi connectivity index (χ2v) is 6.47. The van der Waals surface area contributed by atoms with Gasteiger partial charge in [-0.3, -0.25) is 9.78 Å². The number of carbonyl (C=O) groups excluding carboxylic acids is 1. The van der Waals surface area contributed by atoms with Gasteiger partial charge in [0.2, 0.25) is 5.88 Å². The van der Waals surface area contributed by atoms with E-state index < -0.39 is 5.82 Å². The summed E-state index contributed by atoms with van der Waals surface area (Å²) in [5.41, 5.74) is 0.